The van der Waals surface area contributed by atoms with Crippen LogP contribution in [0.1, 0.15) is 25.0 Å². The second-order valence-electron chi connectivity index (χ2n) is 15.3. The molecule has 254 valence electrons. The van der Waals surface area contributed by atoms with E-state index in [2.05, 4.69) is 187 Å². The molecule has 0 radical (unpaired) electrons. The van der Waals surface area contributed by atoms with Crippen LogP contribution in [0.3, 0.4) is 0 Å². The minimum absolute atomic E-state index is 0.204. The molecule has 0 saturated carbocycles. The molecule has 1 aliphatic rings. The molecule has 0 fully saturated rings. The lowest BCUT2D eigenvalue weighted by Gasteiger charge is -2.23. The van der Waals surface area contributed by atoms with Crippen LogP contribution in [-0.2, 0) is 5.41 Å². The SMILES string of the molecule is CC1(C)c2cc(-c3cccc4c3oc3ccccc34)ccc2-c2ccc(-n3c4ccccc4c4cc5c6ccccc6n(-c6ccccc6)c5cc43)cc21. The van der Waals surface area contributed by atoms with Crippen LogP contribution in [0.2, 0.25) is 0 Å². The number of aromatic nitrogens is 2. The van der Waals surface area contributed by atoms with E-state index in [0.717, 1.165) is 27.5 Å². The van der Waals surface area contributed by atoms with Gasteiger partial charge in [0, 0.05) is 54.7 Å². The number of furan rings is 1. The monoisotopic (exact) mass is 690 g/mol. The largest absolute Gasteiger partial charge is 0.455 e. The van der Waals surface area contributed by atoms with Crippen molar-refractivity contribution in [3.05, 3.63) is 181 Å². The predicted molar refractivity (Wildman–Crippen MR) is 225 cm³/mol. The molecular formula is C51H34N2O. The molecule has 0 spiro atoms. The second kappa shape index (κ2) is 10.6. The highest BCUT2D eigenvalue weighted by Crippen LogP contribution is 2.51. The van der Waals surface area contributed by atoms with Crippen LogP contribution in [0.25, 0.3) is 99.2 Å². The van der Waals surface area contributed by atoms with Gasteiger partial charge in [-0.1, -0.05) is 123 Å². The quantitative estimate of drug-likeness (QED) is 0.181. The maximum Gasteiger partial charge on any atom is 0.143 e. The smallest absolute Gasteiger partial charge is 0.143 e. The van der Waals surface area contributed by atoms with Crippen LogP contribution in [0.5, 0.6) is 0 Å². The minimum Gasteiger partial charge on any atom is -0.455 e. The summed E-state index contributed by atoms with van der Waals surface area (Å²) < 4.78 is 11.4. The number of hydrogen-bond donors (Lipinski definition) is 0. The van der Waals surface area contributed by atoms with Gasteiger partial charge in [0.15, 0.2) is 0 Å². The van der Waals surface area contributed by atoms with E-state index in [9.17, 15) is 0 Å². The van der Waals surface area contributed by atoms with Gasteiger partial charge in [0.25, 0.3) is 0 Å². The Morgan fingerprint density at radius 1 is 0.389 bits per heavy atom. The van der Waals surface area contributed by atoms with Crippen LogP contribution in [0.15, 0.2) is 174 Å². The lowest BCUT2D eigenvalue weighted by atomic mass is 9.81. The van der Waals surface area contributed by atoms with Crippen molar-refractivity contribution in [3.8, 4) is 33.6 Å². The molecule has 0 saturated heterocycles. The van der Waals surface area contributed by atoms with E-state index >= 15 is 0 Å². The Labute approximate surface area is 311 Å². The normalized spacial score (nSPS) is 13.5. The second-order valence-corrected chi connectivity index (χ2v) is 15.3. The molecule has 3 aromatic heterocycles. The highest BCUT2D eigenvalue weighted by atomic mass is 16.3. The number of benzene rings is 8. The summed E-state index contributed by atoms with van der Waals surface area (Å²) in [5.41, 5.74) is 16.5. The number of nitrogens with zero attached hydrogens (tertiary/aromatic N) is 2. The van der Waals surface area contributed by atoms with Crippen molar-refractivity contribution < 1.29 is 4.42 Å². The van der Waals surface area contributed by atoms with Gasteiger partial charge >= 0.3 is 0 Å². The van der Waals surface area contributed by atoms with Crippen molar-refractivity contribution >= 4 is 65.6 Å². The first kappa shape index (κ1) is 29.7. The fourth-order valence-electron chi connectivity index (χ4n) is 9.57. The maximum atomic E-state index is 6.47. The Balaban J connectivity index is 1.05. The Bertz CT molecular complexity index is 3350. The molecule has 0 unspecified atom stereocenters. The zero-order valence-electron chi connectivity index (χ0n) is 30.0. The molecule has 0 atom stereocenters. The number of para-hydroxylation sites is 5. The first-order valence-corrected chi connectivity index (χ1v) is 18.8. The lowest BCUT2D eigenvalue weighted by Crippen LogP contribution is -2.15. The molecule has 0 aliphatic heterocycles. The van der Waals surface area contributed by atoms with Crippen molar-refractivity contribution in [1.82, 2.24) is 9.13 Å². The molecule has 8 aromatic carbocycles. The molecule has 3 nitrogen and oxygen atoms in total. The van der Waals surface area contributed by atoms with E-state index in [1.807, 2.05) is 6.07 Å². The third-order valence-corrected chi connectivity index (χ3v) is 12.1. The molecule has 1 aliphatic carbocycles. The highest BCUT2D eigenvalue weighted by molar-refractivity contribution is 6.19. The van der Waals surface area contributed by atoms with Gasteiger partial charge in [-0.2, -0.15) is 0 Å². The van der Waals surface area contributed by atoms with Crippen LogP contribution < -0.4 is 0 Å². The molecule has 0 amide bonds. The molecule has 0 bridgehead atoms. The summed E-state index contributed by atoms with van der Waals surface area (Å²) in [6.07, 6.45) is 0. The molecule has 3 heterocycles. The van der Waals surface area contributed by atoms with Gasteiger partial charge in [0.1, 0.15) is 11.2 Å². The molecule has 11 aromatic rings. The fourth-order valence-corrected chi connectivity index (χ4v) is 9.57. The maximum absolute atomic E-state index is 6.47. The molecule has 54 heavy (non-hydrogen) atoms. The van der Waals surface area contributed by atoms with Gasteiger partial charge in [-0.15, -0.1) is 0 Å². The van der Waals surface area contributed by atoms with Gasteiger partial charge in [-0.05, 0) is 88.5 Å². The van der Waals surface area contributed by atoms with E-state index in [4.69, 9.17) is 4.42 Å². The summed E-state index contributed by atoms with van der Waals surface area (Å²) in [5.74, 6) is 0. The summed E-state index contributed by atoms with van der Waals surface area (Å²) in [5, 5.41) is 7.37. The van der Waals surface area contributed by atoms with Crippen molar-refractivity contribution in [1.29, 1.82) is 0 Å². The van der Waals surface area contributed by atoms with Crippen LogP contribution in [0.4, 0.5) is 0 Å². The average Bonchev–Trinajstić information content (AvgIpc) is 3.92. The summed E-state index contributed by atoms with van der Waals surface area (Å²) >= 11 is 0. The summed E-state index contributed by atoms with van der Waals surface area (Å²) in [7, 11) is 0. The summed E-state index contributed by atoms with van der Waals surface area (Å²) in [6, 6.07) is 62.1. The van der Waals surface area contributed by atoms with Gasteiger partial charge in [0.05, 0.1) is 22.1 Å². The van der Waals surface area contributed by atoms with Gasteiger partial charge in [-0.25, -0.2) is 0 Å². The number of rotatable bonds is 3. The zero-order valence-corrected chi connectivity index (χ0v) is 30.0. The molecule has 12 rings (SSSR count). The van der Waals surface area contributed by atoms with E-state index in [1.165, 1.54) is 82.8 Å². The Hall–Kier alpha value is -6.84. The van der Waals surface area contributed by atoms with Crippen molar-refractivity contribution in [2.75, 3.05) is 0 Å². The Morgan fingerprint density at radius 2 is 0.981 bits per heavy atom. The standard InChI is InChI=1S/C51H34N2O/c1-51(2)43-27-31(34-18-12-19-40-39-17-8-11-22-49(39)54-50(34)40)23-25-35(43)36-26-24-33(28-44(36)51)53-46-21-10-7-16-38(46)42-29-41-37-15-6-9-20-45(37)52(47(41)30-48(42)53)32-13-4-3-5-14-32/h3-30H,1-2H3. The van der Waals surface area contributed by atoms with E-state index in [1.54, 1.807) is 0 Å². The van der Waals surface area contributed by atoms with Crippen molar-refractivity contribution in [2.45, 2.75) is 19.3 Å². The highest BCUT2D eigenvalue weighted by Gasteiger charge is 2.36. The number of hydrogen-bond acceptors (Lipinski definition) is 1. The summed E-state index contributed by atoms with van der Waals surface area (Å²) in [6.45, 7) is 4.75. The third kappa shape index (κ3) is 3.91. The van der Waals surface area contributed by atoms with Crippen molar-refractivity contribution in [2.24, 2.45) is 0 Å². The van der Waals surface area contributed by atoms with Gasteiger partial charge < -0.3 is 13.6 Å². The molecule has 3 heteroatoms. The first-order chi connectivity index (χ1) is 26.5. The van der Waals surface area contributed by atoms with E-state index in [0.29, 0.717) is 0 Å². The Kier molecular flexibility index (Phi) is 5.84. The zero-order chi connectivity index (χ0) is 35.7. The van der Waals surface area contributed by atoms with Gasteiger partial charge in [-0.3, -0.25) is 0 Å². The minimum atomic E-state index is -0.204. The van der Waals surface area contributed by atoms with Crippen molar-refractivity contribution in [3.63, 3.8) is 0 Å². The fraction of sp³-hybridized carbons (Fsp3) is 0.0588. The van der Waals surface area contributed by atoms with Crippen LogP contribution in [0, 0.1) is 0 Å². The number of fused-ring (bicyclic) bond motifs is 12. The predicted octanol–water partition coefficient (Wildman–Crippen LogP) is 13.8. The Morgan fingerprint density at radius 3 is 1.72 bits per heavy atom. The van der Waals surface area contributed by atoms with E-state index < -0.39 is 0 Å². The van der Waals surface area contributed by atoms with Crippen LogP contribution in [-0.4, -0.2) is 9.13 Å². The molecular weight excluding hydrogens is 657 g/mol. The average molecular weight is 691 g/mol. The lowest BCUT2D eigenvalue weighted by molar-refractivity contribution is 0.659. The van der Waals surface area contributed by atoms with Crippen LogP contribution >= 0.6 is 0 Å². The summed E-state index contributed by atoms with van der Waals surface area (Å²) in [4.78, 5) is 0. The topological polar surface area (TPSA) is 23.0 Å². The van der Waals surface area contributed by atoms with E-state index in [-0.39, 0.29) is 5.41 Å². The third-order valence-electron chi connectivity index (χ3n) is 12.1. The molecule has 0 N–H and O–H groups in total. The van der Waals surface area contributed by atoms with Gasteiger partial charge in [0.2, 0.25) is 0 Å². The first-order valence-electron chi connectivity index (χ1n) is 18.8.